The molecule has 0 saturated carbocycles. The maximum absolute atomic E-state index is 6.17. The number of aryl methyl sites for hydroxylation is 1. The van der Waals surface area contributed by atoms with Gasteiger partial charge in [-0.3, -0.25) is 4.68 Å². The highest BCUT2D eigenvalue weighted by molar-refractivity contribution is 6.20. The first-order chi connectivity index (χ1) is 10.1. The molecule has 2 aromatic rings. The summed E-state index contributed by atoms with van der Waals surface area (Å²) >= 11 is 6.17. The zero-order valence-corrected chi connectivity index (χ0v) is 13.3. The molecule has 2 N–H and O–H groups in total. The highest BCUT2D eigenvalue weighted by atomic mass is 35.5. The number of hydrogen-bond donors (Lipinski definition) is 1. The molecule has 1 aromatic carbocycles. The number of rotatable bonds is 4. The lowest BCUT2D eigenvalue weighted by atomic mass is 10.1. The van der Waals surface area contributed by atoms with Gasteiger partial charge in [-0.25, -0.2) is 0 Å². The fourth-order valence-electron chi connectivity index (χ4n) is 3.12. The summed E-state index contributed by atoms with van der Waals surface area (Å²) in [5, 5.41) is 5.89. The van der Waals surface area contributed by atoms with E-state index in [9.17, 15) is 0 Å². The zero-order valence-electron chi connectivity index (χ0n) is 12.5. The van der Waals surface area contributed by atoms with Crippen LogP contribution in [-0.2, 0) is 6.54 Å². The second-order valence-corrected chi connectivity index (χ2v) is 6.59. The number of anilines is 1. The summed E-state index contributed by atoms with van der Waals surface area (Å²) in [5.74, 6) is 0.626. The van der Waals surface area contributed by atoms with Crippen molar-refractivity contribution in [2.24, 2.45) is 0 Å². The van der Waals surface area contributed by atoms with Crippen molar-refractivity contribution in [1.82, 2.24) is 14.7 Å². The van der Waals surface area contributed by atoms with E-state index in [2.05, 4.69) is 23.0 Å². The molecule has 21 heavy (non-hydrogen) atoms. The summed E-state index contributed by atoms with van der Waals surface area (Å²) in [7, 11) is 0. The highest BCUT2D eigenvalue weighted by Crippen LogP contribution is 2.22. The fraction of sp³-hybridized carbons (Fsp3) is 0.562. The van der Waals surface area contributed by atoms with Gasteiger partial charge in [-0.2, -0.15) is 5.10 Å². The number of alkyl halides is 1. The molecule has 1 fully saturated rings. The molecular formula is C16H23ClN4. The van der Waals surface area contributed by atoms with Crippen LogP contribution in [0.2, 0.25) is 0 Å². The van der Waals surface area contributed by atoms with Gasteiger partial charge in [0.2, 0.25) is 0 Å². The molecular weight excluding hydrogens is 284 g/mol. The quantitative estimate of drug-likeness (QED) is 0.883. The van der Waals surface area contributed by atoms with Crippen molar-refractivity contribution in [2.75, 3.05) is 18.8 Å². The molecule has 0 aliphatic carbocycles. The number of benzene rings is 1. The van der Waals surface area contributed by atoms with E-state index in [0.29, 0.717) is 17.2 Å². The normalized spacial score (nSPS) is 19.1. The van der Waals surface area contributed by atoms with Crippen molar-refractivity contribution in [1.29, 1.82) is 0 Å². The number of nitrogen functional groups attached to an aromatic ring is 1. The molecule has 114 valence electrons. The SMILES string of the molecule is CC(CCn1nc(N)c2ccccc21)N1CCC(Cl)CC1. The van der Waals surface area contributed by atoms with Crippen molar-refractivity contribution >= 4 is 28.3 Å². The number of fused-ring (bicyclic) bond motifs is 1. The molecule has 1 atom stereocenters. The predicted molar refractivity (Wildman–Crippen MR) is 88.7 cm³/mol. The van der Waals surface area contributed by atoms with E-state index in [0.717, 1.165) is 49.8 Å². The highest BCUT2D eigenvalue weighted by Gasteiger charge is 2.21. The van der Waals surface area contributed by atoms with Crippen molar-refractivity contribution in [3.63, 3.8) is 0 Å². The van der Waals surface area contributed by atoms with E-state index in [-0.39, 0.29) is 0 Å². The molecule has 0 amide bonds. The molecule has 4 nitrogen and oxygen atoms in total. The molecule has 2 heterocycles. The second-order valence-electron chi connectivity index (χ2n) is 5.97. The molecule has 0 spiro atoms. The molecule has 1 aromatic heterocycles. The van der Waals surface area contributed by atoms with E-state index >= 15 is 0 Å². The minimum Gasteiger partial charge on any atom is -0.382 e. The monoisotopic (exact) mass is 306 g/mol. The van der Waals surface area contributed by atoms with E-state index < -0.39 is 0 Å². The van der Waals surface area contributed by atoms with E-state index in [4.69, 9.17) is 17.3 Å². The van der Waals surface area contributed by atoms with E-state index in [1.54, 1.807) is 0 Å². The van der Waals surface area contributed by atoms with E-state index in [1.807, 2.05) is 22.9 Å². The number of nitrogens with zero attached hydrogens (tertiary/aromatic N) is 3. The minimum atomic E-state index is 0.364. The number of halogens is 1. The van der Waals surface area contributed by atoms with Crippen LogP contribution in [0.3, 0.4) is 0 Å². The van der Waals surface area contributed by atoms with E-state index in [1.165, 1.54) is 0 Å². The summed E-state index contributed by atoms with van der Waals surface area (Å²) < 4.78 is 2.04. The van der Waals surface area contributed by atoms with Gasteiger partial charge in [-0.05, 0) is 51.4 Å². The Morgan fingerprint density at radius 1 is 1.33 bits per heavy atom. The largest absolute Gasteiger partial charge is 0.382 e. The predicted octanol–water partition coefficient (Wildman–Crippen LogP) is 3.10. The van der Waals surface area contributed by atoms with Gasteiger partial charge in [0.1, 0.15) is 0 Å². The van der Waals surface area contributed by atoms with Gasteiger partial charge >= 0.3 is 0 Å². The standard InChI is InChI=1S/C16H23ClN4/c1-12(20-9-7-13(17)8-10-20)6-11-21-15-5-3-2-4-14(15)16(18)19-21/h2-5,12-13H,6-11H2,1H3,(H2,18,19). The maximum Gasteiger partial charge on any atom is 0.153 e. The number of nitrogens with two attached hydrogens (primary N) is 1. The molecule has 0 bridgehead atoms. The van der Waals surface area contributed by atoms with Crippen LogP contribution in [0.5, 0.6) is 0 Å². The van der Waals surface area contributed by atoms with Gasteiger partial charge in [0.15, 0.2) is 5.82 Å². The lowest BCUT2D eigenvalue weighted by molar-refractivity contribution is 0.164. The second kappa shape index (κ2) is 6.24. The zero-order chi connectivity index (χ0) is 14.8. The van der Waals surface area contributed by atoms with Crippen LogP contribution in [0, 0.1) is 0 Å². The summed E-state index contributed by atoms with van der Waals surface area (Å²) in [5.41, 5.74) is 7.11. The van der Waals surface area contributed by atoms with Crippen molar-refractivity contribution in [3.8, 4) is 0 Å². The van der Waals surface area contributed by atoms with Crippen LogP contribution in [0.25, 0.3) is 10.9 Å². The number of likely N-dealkylation sites (tertiary alicyclic amines) is 1. The van der Waals surface area contributed by atoms with Gasteiger partial charge in [-0.1, -0.05) is 12.1 Å². The Labute approximate surface area is 130 Å². The molecule has 1 aliphatic heterocycles. The Kier molecular flexibility index (Phi) is 4.36. The van der Waals surface area contributed by atoms with Crippen LogP contribution in [-0.4, -0.2) is 39.2 Å². The number of hydrogen-bond acceptors (Lipinski definition) is 3. The van der Waals surface area contributed by atoms with Crippen LogP contribution < -0.4 is 5.73 Å². The molecule has 1 aliphatic rings. The first kappa shape index (κ1) is 14.7. The van der Waals surface area contributed by atoms with Crippen LogP contribution in [0.1, 0.15) is 26.2 Å². The average Bonchev–Trinajstić information content (AvgIpc) is 2.83. The summed E-state index contributed by atoms with van der Waals surface area (Å²) in [4.78, 5) is 2.54. The summed E-state index contributed by atoms with van der Waals surface area (Å²) in [6.45, 7) is 5.41. The first-order valence-electron chi connectivity index (χ1n) is 7.74. The molecule has 0 radical (unpaired) electrons. The summed E-state index contributed by atoms with van der Waals surface area (Å²) in [6.07, 6.45) is 3.28. The van der Waals surface area contributed by atoms with Gasteiger partial charge in [0.25, 0.3) is 0 Å². The number of para-hydroxylation sites is 1. The van der Waals surface area contributed by atoms with Crippen molar-refractivity contribution < 1.29 is 0 Å². The van der Waals surface area contributed by atoms with Gasteiger partial charge in [-0.15, -0.1) is 11.6 Å². The Morgan fingerprint density at radius 3 is 2.81 bits per heavy atom. The molecule has 1 unspecified atom stereocenters. The van der Waals surface area contributed by atoms with Gasteiger partial charge < -0.3 is 10.6 Å². The van der Waals surface area contributed by atoms with Gasteiger partial charge in [0.05, 0.1) is 5.52 Å². The minimum absolute atomic E-state index is 0.364. The Morgan fingerprint density at radius 2 is 2.05 bits per heavy atom. The van der Waals surface area contributed by atoms with Crippen LogP contribution in [0.15, 0.2) is 24.3 Å². The fourth-order valence-corrected chi connectivity index (χ4v) is 3.32. The lowest BCUT2D eigenvalue weighted by Gasteiger charge is -2.34. The molecule has 1 saturated heterocycles. The Balaban J connectivity index is 1.64. The van der Waals surface area contributed by atoms with Gasteiger partial charge in [0, 0.05) is 23.3 Å². The molecule has 5 heteroatoms. The Bertz CT molecular complexity index is 601. The number of aromatic nitrogens is 2. The summed E-state index contributed by atoms with van der Waals surface area (Å²) in [6, 6.07) is 8.71. The third kappa shape index (κ3) is 3.16. The van der Waals surface area contributed by atoms with Crippen molar-refractivity contribution in [2.45, 2.75) is 44.1 Å². The van der Waals surface area contributed by atoms with Crippen molar-refractivity contribution in [3.05, 3.63) is 24.3 Å². The Hall–Kier alpha value is -1.26. The van der Waals surface area contributed by atoms with Crippen LogP contribution in [0.4, 0.5) is 5.82 Å². The maximum atomic E-state index is 6.17. The number of piperidine rings is 1. The smallest absolute Gasteiger partial charge is 0.153 e. The molecule has 3 rings (SSSR count). The third-order valence-corrected chi connectivity index (χ3v) is 4.96. The topological polar surface area (TPSA) is 47.1 Å². The third-order valence-electron chi connectivity index (χ3n) is 4.53. The lowest BCUT2D eigenvalue weighted by Crippen LogP contribution is -2.40. The first-order valence-corrected chi connectivity index (χ1v) is 8.18. The average molecular weight is 307 g/mol. The van der Waals surface area contributed by atoms with Crippen LogP contribution >= 0.6 is 11.6 Å².